The molecule has 2 aromatic carbocycles. The van der Waals surface area contributed by atoms with Gasteiger partial charge in [-0.1, -0.05) is 49.9 Å². The Morgan fingerprint density at radius 2 is 1.72 bits per heavy atom. The zero-order valence-corrected chi connectivity index (χ0v) is 17.8. The molecule has 0 aliphatic heterocycles. The largest absolute Gasteiger partial charge is 0.497 e. The van der Waals surface area contributed by atoms with Gasteiger partial charge in [0.2, 0.25) is 5.89 Å². The number of thioether (sulfide) groups is 1. The lowest BCUT2D eigenvalue weighted by molar-refractivity contribution is 0.102. The molecule has 0 spiro atoms. The van der Waals surface area contributed by atoms with Crippen LogP contribution in [0.4, 0.5) is 0 Å². The Bertz CT molecular complexity index is 947. The zero-order chi connectivity index (χ0) is 20.8. The lowest BCUT2D eigenvalue weighted by Gasteiger charge is -2.09. The number of nitrogens with zero attached hydrogens (tertiary/aromatic N) is 2. The Labute approximate surface area is 174 Å². The fourth-order valence-electron chi connectivity index (χ4n) is 2.76. The van der Waals surface area contributed by atoms with Crippen LogP contribution in [-0.4, -0.2) is 36.0 Å². The summed E-state index contributed by atoms with van der Waals surface area (Å²) in [6.07, 6.45) is 1.07. The molecule has 1 heterocycles. The van der Waals surface area contributed by atoms with Crippen molar-refractivity contribution in [3.63, 3.8) is 0 Å². The van der Waals surface area contributed by atoms with Crippen molar-refractivity contribution in [2.45, 2.75) is 31.4 Å². The van der Waals surface area contributed by atoms with Crippen LogP contribution in [0.15, 0.2) is 52.1 Å². The van der Waals surface area contributed by atoms with Crippen LogP contribution in [0.1, 0.15) is 42.1 Å². The topological polar surface area (TPSA) is 74.5 Å². The van der Waals surface area contributed by atoms with Crippen molar-refractivity contribution >= 4 is 17.5 Å². The molecular formula is C22H24N2O4S. The number of benzene rings is 2. The Morgan fingerprint density at radius 3 is 2.31 bits per heavy atom. The SMILES string of the molecule is CCC(C)c1ccc(C(=O)CSc2nnc(-c3cc(OC)cc(OC)c3)o2)cc1. The first-order valence-electron chi connectivity index (χ1n) is 9.37. The third kappa shape index (κ3) is 5.17. The maximum Gasteiger partial charge on any atom is 0.277 e. The number of carbonyl (C=O) groups is 1. The molecule has 0 N–H and O–H groups in total. The molecule has 0 fully saturated rings. The Morgan fingerprint density at radius 1 is 1.07 bits per heavy atom. The normalized spacial score (nSPS) is 11.9. The highest BCUT2D eigenvalue weighted by Crippen LogP contribution is 2.30. The van der Waals surface area contributed by atoms with Crippen molar-refractivity contribution in [1.29, 1.82) is 0 Å². The molecule has 0 saturated carbocycles. The van der Waals surface area contributed by atoms with Crippen molar-refractivity contribution in [1.82, 2.24) is 10.2 Å². The lowest BCUT2D eigenvalue weighted by atomic mass is 9.97. The fraction of sp³-hybridized carbons (Fsp3) is 0.318. The van der Waals surface area contributed by atoms with Gasteiger partial charge < -0.3 is 13.9 Å². The molecule has 0 radical (unpaired) electrons. The number of rotatable bonds is 9. The highest BCUT2D eigenvalue weighted by molar-refractivity contribution is 7.99. The first-order valence-corrected chi connectivity index (χ1v) is 10.4. The minimum Gasteiger partial charge on any atom is -0.497 e. The number of ether oxygens (including phenoxy) is 2. The third-order valence-corrected chi connectivity index (χ3v) is 5.56. The monoisotopic (exact) mass is 412 g/mol. The Balaban J connectivity index is 1.65. The third-order valence-electron chi connectivity index (χ3n) is 4.75. The summed E-state index contributed by atoms with van der Waals surface area (Å²) in [6, 6.07) is 13.1. The highest BCUT2D eigenvalue weighted by atomic mass is 32.2. The van der Waals surface area contributed by atoms with E-state index < -0.39 is 0 Å². The van der Waals surface area contributed by atoms with Crippen LogP contribution < -0.4 is 9.47 Å². The van der Waals surface area contributed by atoms with Crippen molar-refractivity contribution < 1.29 is 18.7 Å². The van der Waals surface area contributed by atoms with Crippen LogP contribution in [0, 0.1) is 0 Å². The van der Waals surface area contributed by atoms with Crippen molar-refractivity contribution in [3.05, 3.63) is 53.6 Å². The molecule has 1 unspecified atom stereocenters. The van der Waals surface area contributed by atoms with Gasteiger partial charge in [0, 0.05) is 17.2 Å². The molecule has 3 aromatic rings. The van der Waals surface area contributed by atoms with E-state index in [-0.39, 0.29) is 11.5 Å². The first-order chi connectivity index (χ1) is 14.0. The zero-order valence-electron chi connectivity index (χ0n) is 17.0. The van der Waals surface area contributed by atoms with Gasteiger partial charge in [-0.25, -0.2) is 0 Å². The van der Waals surface area contributed by atoms with Crippen molar-refractivity contribution in [2.75, 3.05) is 20.0 Å². The van der Waals surface area contributed by atoms with Crippen molar-refractivity contribution in [2.24, 2.45) is 0 Å². The number of Topliss-reactive ketones (excluding diaryl/α,β-unsaturated/α-hetero) is 1. The second-order valence-electron chi connectivity index (χ2n) is 6.62. The van der Waals surface area contributed by atoms with E-state index in [4.69, 9.17) is 13.9 Å². The smallest absolute Gasteiger partial charge is 0.277 e. The average molecular weight is 413 g/mol. The summed E-state index contributed by atoms with van der Waals surface area (Å²) in [7, 11) is 3.16. The van der Waals surface area contributed by atoms with Crippen LogP contribution in [0.2, 0.25) is 0 Å². The van der Waals surface area contributed by atoms with Gasteiger partial charge in [0.25, 0.3) is 5.22 Å². The summed E-state index contributed by atoms with van der Waals surface area (Å²) < 4.78 is 16.2. The standard InChI is InChI=1S/C22H24N2O4S/c1-5-14(2)15-6-8-16(9-7-15)20(25)13-29-22-24-23-21(28-22)17-10-18(26-3)12-19(11-17)27-4/h6-12,14H,5,13H2,1-4H3. The first kappa shape index (κ1) is 20.9. The van der Waals surface area contributed by atoms with Crippen LogP contribution in [-0.2, 0) is 0 Å². The van der Waals surface area contributed by atoms with E-state index in [1.165, 1.54) is 17.3 Å². The van der Waals surface area contributed by atoms with Gasteiger partial charge in [0.1, 0.15) is 11.5 Å². The molecule has 3 rings (SSSR count). The Kier molecular flexibility index (Phi) is 6.93. The molecule has 6 nitrogen and oxygen atoms in total. The average Bonchev–Trinajstić information content (AvgIpc) is 3.25. The van der Waals surface area contributed by atoms with Gasteiger partial charge in [-0.05, 0) is 30.0 Å². The molecule has 1 atom stereocenters. The van der Waals surface area contributed by atoms with E-state index in [1.54, 1.807) is 32.4 Å². The minimum atomic E-state index is 0.0218. The van der Waals surface area contributed by atoms with Crippen molar-refractivity contribution in [3.8, 4) is 23.0 Å². The second kappa shape index (κ2) is 9.60. The fourth-order valence-corrected chi connectivity index (χ4v) is 3.42. The van der Waals surface area contributed by atoms with Crippen LogP contribution in [0.25, 0.3) is 11.5 Å². The number of methoxy groups -OCH3 is 2. The minimum absolute atomic E-state index is 0.0218. The van der Waals surface area contributed by atoms with E-state index in [0.29, 0.717) is 39.7 Å². The van der Waals surface area contributed by atoms with E-state index in [9.17, 15) is 4.79 Å². The van der Waals surface area contributed by atoms with Crippen LogP contribution in [0.3, 0.4) is 0 Å². The van der Waals surface area contributed by atoms with Gasteiger partial charge in [-0.3, -0.25) is 4.79 Å². The quantitative estimate of drug-likeness (QED) is 0.351. The predicted molar refractivity (Wildman–Crippen MR) is 113 cm³/mol. The molecule has 0 saturated heterocycles. The Hall–Kier alpha value is -2.80. The maximum absolute atomic E-state index is 12.5. The van der Waals surface area contributed by atoms with E-state index >= 15 is 0 Å². The molecular weight excluding hydrogens is 388 g/mol. The lowest BCUT2D eigenvalue weighted by Crippen LogP contribution is -2.03. The summed E-state index contributed by atoms with van der Waals surface area (Å²) in [5, 5.41) is 8.44. The molecule has 0 aliphatic carbocycles. The molecule has 1 aromatic heterocycles. The summed E-state index contributed by atoms with van der Waals surface area (Å²) in [4.78, 5) is 12.5. The predicted octanol–water partition coefficient (Wildman–Crippen LogP) is 5.24. The van der Waals surface area contributed by atoms with E-state index in [1.807, 2.05) is 24.3 Å². The molecule has 0 aliphatic rings. The van der Waals surface area contributed by atoms with E-state index in [0.717, 1.165) is 6.42 Å². The molecule has 152 valence electrons. The summed E-state index contributed by atoms with van der Waals surface area (Å²) in [6.45, 7) is 4.33. The van der Waals surface area contributed by atoms with Gasteiger partial charge in [0.15, 0.2) is 5.78 Å². The molecule has 29 heavy (non-hydrogen) atoms. The summed E-state index contributed by atoms with van der Waals surface area (Å²) in [5.41, 5.74) is 2.61. The summed E-state index contributed by atoms with van der Waals surface area (Å²) >= 11 is 1.22. The van der Waals surface area contributed by atoms with Crippen LogP contribution in [0.5, 0.6) is 11.5 Å². The summed E-state index contributed by atoms with van der Waals surface area (Å²) in [5.74, 6) is 2.33. The second-order valence-corrected chi connectivity index (χ2v) is 7.54. The van der Waals surface area contributed by atoms with Gasteiger partial charge in [-0.2, -0.15) is 0 Å². The van der Waals surface area contributed by atoms with Crippen LogP contribution >= 0.6 is 11.8 Å². The van der Waals surface area contributed by atoms with Gasteiger partial charge >= 0.3 is 0 Å². The molecule has 7 heteroatoms. The number of aromatic nitrogens is 2. The molecule has 0 bridgehead atoms. The number of carbonyl (C=O) groups excluding carboxylic acids is 1. The van der Waals surface area contributed by atoms with Gasteiger partial charge in [-0.15, -0.1) is 10.2 Å². The molecule has 0 amide bonds. The maximum atomic E-state index is 12.5. The number of hydrogen-bond acceptors (Lipinski definition) is 7. The number of hydrogen-bond donors (Lipinski definition) is 0. The number of ketones is 1. The van der Waals surface area contributed by atoms with Gasteiger partial charge in [0.05, 0.1) is 20.0 Å². The van der Waals surface area contributed by atoms with E-state index in [2.05, 4.69) is 24.0 Å². The highest BCUT2D eigenvalue weighted by Gasteiger charge is 2.14.